The number of nitrogens with zero attached hydrogens (tertiary/aromatic N) is 3. The smallest absolute Gasteiger partial charge is 0.356 e. The molecule has 4 aromatic rings. The standard InChI is InChI=1S/C36H40N4O6S/c1-21(2)47(44,45)38-35(41)23-12-14-29-30(18-23)39-19-25(33-32(36(42)43)37-20-40(33)26-10-7-11-26)16-24-17-27(46-3)13-15-28(24)34(39)31(29)22-8-5-4-6-9-22/h12-18,20-22,26H,4-11,19H2,1-3H3,(H,38,41)(H,42,43). The lowest BCUT2D eigenvalue weighted by molar-refractivity contribution is 0.0690. The van der Waals surface area contributed by atoms with Crippen LogP contribution in [0.2, 0.25) is 0 Å². The van der Waals surface area contributed by atoms with E-state index in [0.29, 0.717) is 23.9 Å². The number of allylic oxidation sites excluding steroid dienone is 1. The van der Waals surface area contributed by atoms with E-state index in [0.717, 1.165) is 78.2 Å². The van der Waals surface area contributed by atoms with Gasteiger partial charge in [0, 0.05) is 28.1 Å². The second-order valence-corrected chi connectivity index (χ2v) is 15.5. The van der Waals surface area contributed by atoms with Crippen LogP contribution in [-0.2, 0) is 16.6 Å². The fraction of sp³-hybridized carbons (Fsp3) is 0.417. The van der Waals surface area contributed by atoms with Crippen molar-refractivity contribution in [1.29, 1.82) is 0 Å². The Balaban J connectivity index is 1.49. The molecule has 11 heteroatoms. The molecule has 47 heavy (non-hydrogen) atoms. The van der Waals surface area contributed by atoms with Crippen molar-refractivity contribution in [3.05, 3.63) is 70.8 Å². The van der Waals surface area contributed by atoms with E-state index in [1.54, 1.807) is 25.6 Å². The molecule has 3 heterocycles. The molecule has 2 aromatic heterocycles. The minimum absolute atomic E-state index is 0.0129. The Hall–Kier alpha value is -4.38. The number of carbonyl (C=O) groups is 2. The zero-order chi connectivity index (χ0) is 33.0. The maximum atomic E-state index is 13.3. The molecular formula is C36H40N4O6S. The van der Waals surface area contributed by atoms with E-state index in [-0.39, 0.29) is 17.3 Å². The summed E-state index contributed by atoms with van der Waals surface area (Å²) in [6, 6.07) is 11.6. The monoisotopic (exact) mass is 656 g/mol. The number of carbonyl (C=O) groups excluding carboxylic acids is 1. The lowest BCUT2D eigenvalue weighted by atomic mass is 9.81. The van der Waals surface area contributed by atoms with Crippen LogP contribution in [0, 0.1) is 0 Å². The molecule has 1 amide bonds. The highest BCUT2D eigenvalue weighted by Gasteiger charge is 2.33. The van der Waals surface area contributed by atoms with Gasteiger partial charge in [-0.05, 0) is 105 Å². The van der Waals surface area contributed by atoms with Crippen LogP contribution < -0.4 is 9.46 Å². The molecule has 0 unspecified atom stereocenters. The number of methoxy groups -OCH3 is 1. The normalized spacial score (nSPS) is 17.1. The van der Waals surface area contributed by atoms with Gasteiger partial charge in [-0.1, -0.05) is 25.3 Å². The van der Waals surface area contributed by atoms with Crippen LogP contribution in [0.15, 0.2) is 42.7 Å². The summed E-state index contributed by atoms with van der Waals surface area (Å²) in [4.78, 5) is 30.3. The quantitative estimate of drug-likeness (QED) is 0.209. The Bertz CT molecular complexity index is 2040. The maximum absolute atomic E-state index is 13.3. The van der Waals surface area contributed by atoms with Gasteiger partial charge < -0.3 is 19.0 Å². The van der Waals surface area contributed by atoms with Gasteiger partial charge in [0.25, 0.3) is 5.91 Å². The van der Waals surface area contributed by atoms with E-state index in [9.17, 15) is 23.1 Å². The topological polar surface area (TPSA) is 133 Å². The molecule has 2 fully saturated rings. The third kappa shape index (κ3) is 5.44. The number of amides is 1. The van der Waals surface area contributed by atoms with Gasteiger partial charge in [-0.2, -0.15) is 0 Å². The van der Waals surface area contributed by atoms with Gasteiger partial charge in [-0.3, -0.25) is 4.79 Å². The predicted octanol–water partition coefficient (Wildman–Crippen LogP) is 7.01. The summed E-state index contributed by atoms with van der Waals surface area (Å²) in [6.07, 6.45) is 12.3. The van der Waals surface area contributed by atoms with Crippen LogP contribution >= 0.6 is 0 Å². The van der Waals surface area contributed by atoms with Crippen molar-refractivity contribution in [3.63, 3.8) is 0 Å². The number of hydrogen-bond donors (Lipinski definition) is 2. The minimum Gasteiger partial charge on any atom is -0.497 e. The number of carboxylic acid groups (broad SMARTS) is 1. The molecule has 2 aromatic carbocycles. The summed E-state index contributed by atoms with van der Waals surface area (Å²) in [5.74, 6) is -0.768. The summed E-state index contributed by atoms with van der Waals surface area (Å²) in [7, 11) is -2.20. The van der Waals surface area contributed by atoms with Gasteiger partial charge in [0.15, 0.2) is 5.69 Å². The van der Waals surface area contributed by atoms with Crippen LogP contribution in [0.4, 0.5) is 0 Å². The Labute approximate surface area is 274 Å². The Morgan fingerprint density at radius 2 is 1.77 bits per heavy atom. The fourth-order valence-electron chi connectivity index (χ4n) is 7.41. The highest BCUT2D eigenvalue weighted by Crippen LogP contribution is 2.48. The lowest BCUT2D eigenvalue weighted by Crippen LogP contribution is -2.35. The number of aromatic nitrogens is 3. The molecule has 0 atom stereocenters. The molecule has 1 aliphatic heterocycles. The Kier molecular flexibility index (Phi) is 7.98. The van der Waals surface area contributed by atoms with Gasteiger partial charge in [-0.25, -0.2) is 22.9 Å². The number of carboxylic acids is 1. The van der Waals surface area contributed by atoms with E-state index < -0.39 is 27.1 Å². The SMILES string of the molecule is COc1ccc2c(c1)C=C(c1c(C(=O)O)ncn1C1CCC1)Cn1c-2c(C2CCCCC2)c2ccc(C(=O)NS(=O)(=O)C(C)C)cc21. The average Bonchev–Trinajstić information content (AvgIpc) is 3.54. The molecular weight excluding hydrogens is 616 g/mol. The van der Waals surface area contributed by atoms with E-state index in [4.69, 9.17) is 4.74 Å². The number of ether oxygens (including phenoxy) is 1. The lowest BCUT2D eigenvalue weighted by Gasteiger charge is -2.29. The summed E-state index contributed by atoms with van der Waals surface area (Å²) in [5.41, 5.74) is 6.60. The molecule has 7 rings (SSSR count). The zero-order valence-corrected chi connectivity index (χ0v) is 27.8. The molecule has 246 valence electrons. The first-order valence-corrected chi connectivity index (χ1v) is 18.0. The largest absolute Gasteiger partial charge is 0.497 e. The van der Waals surface area contributed by atoms with Crippen molar-refractivity contribution in [2.75, 3.05) is 7.11 Å². The summed E-state index contributed by atoms with van der Waals surface area (Å²) in [5, 5.41) is 10.5. The van der Waals surface area contributed by atoms with Crippen LogP contribution in [0.25, 0.3) is 33.8 Å². The number of aromatic carboxylic acids is 1. The molecule has 0 bridgehead atoms. The number of nitrogens with one attached hydrogen (secondary N) is 1. The molecule has 2 aliphatic carbocycles. The number of sulfonamides is 1. The van der Waals surface area contributed by atoms with E-state index in [2.05, 4.69) is 26.4 Å². The van der Waals surface area contributed by atoms with Gasteiger partial charge >= 0.3 is 5.97 Å². The number of imidazole rings is 1. The molecule has 0 radical (unpaired) electrons. The molecule has 0 spiro atoms. The second kappa shape index (κ2) is 12.0. The maximum Gasteiger partial charge on any atom is 0.356 e. The second-order valence-electron chi connectivity index (χ2n) is 13.3. The van der Waals surface area contributed by atoms with Crippen molar-refractivity contribution in [2.45, 2.75) is 89.0 Å². The Morgan fingerprint density at radius 3 is 2.43 bits per heavy atom. The molecule has 2 N–H and O–H groups in total. The highest BCUT2D eigenvalue weighted by atomic mass is 32.2. The van der Waals surface area contributed by atoms with Crippen molar-refractivity contribution in [2.24, 2.45) is 0 Å². The third-order valence-corrected chi connectivity index (χ3v) is 11.9. The van der Waals surface area contributed by atoms with E-state index in [1.807, 2.05) is 22.8 Å². The summed E-state index contributed by atoms with van der Waals surface area (Å²) >= 11 is 0. The highest BCUT2D eigenvalue weighted by molar-refractivity contribution is 7.90. The first kappa shape index (κ1) is 31.2. The summed E-state index contributed by atoms with van der Waals surface area (Å²) in [6.45, 7) is 3.40. The zero-order valence-electron chi connectivity index (χ0n) is 27.0. The van der Waals surface area contributed by atoms with Crippen LogP contribution in [0.3, 0.4) is 0 Å². The predicted molar refractivity (Wildman–Crippen MR) is 181 cm³/mol. The van der Waals surface area contributed by atoms with Crippen molar-refractivity contribution < 1.29 is 27.9 Å². The summed E-state index contributed by atoms with van der Waals surface area (Å²) < 4.78 is 37.3. The van der Waals surface area contributed by atoms with Crippen molar-refractivity contribution >= 4 is 44.5 Å². The minimum atomic E-state index is -3.83. The van der Waals surface area contributed by atoms with Gasteiger partial charge in [0.1, 0.15) is 5.75 Å². The number of rotatable bonds is 8. The molecule has 10 nitrogen and oxygen atoms in total. The van der Waals surface area contributed by atoms with Gasteiger partial charge in [0.05, 0.1) is 36.6 Å². The average molecular weight is 657 g/mol. The van der Waals surface area contributed by atoms with Crippen LogP contribution in [0.1, 0.15) is 115 Å². The third-order valence-electron chi connectivity index (χ3n) is 10.2. The van der Waals surface area contributed by atoms with Crippen molar-refractivity contribution in [1.82, 2.24) is 18.8 Å². The first-order chi connectivity index (χ1) is 22.6. The van der Waals surface area contributed by atoms with Crippen LogP contribution in [-0.4, -0.2) is 51.9 Å². The van der Waals surface area contributed by atoms with Crippen LogP contribution in [0.5, 0.6) is 5.75 Å². The molecule has 0 saturated heterocycles. The molecule has 2 saturated carbocycles. The van der Waals surface area contributed by atoms with E-state index >= 15 is 0 Å². The van der Waals surface area contributed by atoms with E-state index in [1.165, 1.54) is 25.8 Å². The Morgan fingerprint density at radius 1 is 1.00 bits per heavy atom. The fourth-order valence-corrected chi connectivity index (χ4v) is 8.02. The number of fused-ring (bicyclic) bond motifs is 5. The number of benzene rings is 2. The van der Waals surface area contributed by atoms with Gasteiger partial charge in [0.2, 0.25) is 10.0 Å². The molecule has 3 aliphatic rings. The van der Waals surface area contributed by atoms with Gasteiger partial charge in [-0.15, -0.1) is 0 Å². The number of hydrogen-bond acceptors (Lipinski definition) is 6. The van der Waals surface area contributed by atoms with Crippen molar-refractivity contribution in [3.8, 4) is 17.0 Å². The first-order valence-electron chi connectivity index (χ1n) is 16.5.